The lowest BCUT2D eigenvalue weighted by Gasteiger charge is -2.56. The quantitative estimate of drug-likeness (QED) is 0.626. The van der Waals surface area contributed by atoms with Crippen LogP contribution in [-0.2, 0) is 8.23 Å². The van der Waals surface area contributed by atoms with Crippen LogP contribution >= 0.6 is 0 Å². The zero-order chi connectivity index (χ0) is 11.4. The summed E-state index contributed by atoms with van der Waals surface area (Å²) in [5.74, 6) is 0. The maximum Gasteiger partial charge on any atom is 0.191 e. The van der Waals surface area contributed by atoms with Crippen LogP contribution in [-0.4, -0.2) is 31.3 Å². The van der Waals surface area contributed by atoms with Crippen molar-refractivity contribution >= 4 is 31.3 Å². The lowest BCUT2D eigenvalue weighted by atomic mass is 11.9. The maximum atomic E-state index is 6.57. The summed E-state index contributed by atoms with van der Waals surface area (Å²) in [6.07, 6.45) is 0. The molecule has 0 amide bonds. The molecule has 0 aromatic rings. The molecule has 14 heavy (non-hydrogen) atoms. The minimum atomic E-state index is -1.53. The van der Waals surface area contributed by atoms with E-state index in [2.05, 4.69) is 52.4 Å². The zero-order valence-electron chi connectivity index (χ0n) is 10.8. The van der Waals surface area contributed by atoms with Gasteiger partial charge < -0.3 is 8.23 Å². The Morgan fingerprint density at radius 3 is 0.714 bits per heavy atom. The zero-order valence-corrected chi connectivity index (χ0v) is 14.8. The summed E-state index contributed by atoms with van der Waals surface area (Å²) in [6.45, 7) is 18.8. The van der Waals surface area contributed by atoms with Crippen molar-refractivity contribution in [1.29, 1.82) is 0 Å². The minimum absolute atomic E-state index is 1.53. The maximum absolute atomic E-state index is 6.57. The highest BCUT2D eigenvalue weighted by molar-refractivity contribution is 7.49. The van der Waals surface area contributed by atoms with E-state index in [9.17, 15) is 0 Å². The number of hydrogen-bond acceptors (Lipinski definition) is 2. The van der Waals surface area contributed by atoms with Crippen molar-refractivity contribution < 1.29 is 8.23 Å². The summed E-state index contributed by atoms with van der Waals surface area (Å²) in [5, 5.41) is 0. The number of rotatable bonds is 0. The Bertz CT molecular complexity index is 198. The molecule has 0 spiro atoms. The van der Waals surface area contributed by atoms with E-state index in [1.54, 1.807) is 0 Å². The van der Waals surface area contributed by atoms with Crippen molar-refractivity contribution in [3.05, 3.63) is 0 Å². The van der Waals surface area contributed by atoms with Gasteiger partial charge in [0.05, 0.1) is 0 Å². The van der Waals surface area contributed by atoms with Crippen molar-refractivity contribution in [1.82, 2.24) is 0 Å². The minimum Gasteiger partial charge on any atom is -0.456 e. The first kappa shape index (κ1) is 12.9. The largest absolute Gasteiger partial charge is 0.456 e. The molecule has 1 fully saturated rings. The van der Waals surface area contributed by atoms with Gasteiger partial charge in [0.25, 0.3) is 0 Å². The second-order valence-corrected chi connectivity index (χ2v) is 34.4. The third-order valence-corrected chi connectivity index (χ3v) is 39.0. The van der Waals surface area contributed by atoms with Crippen LogP contribution in [0.15, 0.2) is 0 Å². The van der Waals surface area contributed by atoms with E-state index < -0.39 is 31.3 Å². The molecule has 0 aromatic heterocycles. The summed E-state index contributed by atoms with van der Waals surface area (Å²) in [4.78, 5) is 0. The Labute approximate surface area is 92.1 Å². The van der Waals surface area contributed by atoms with Crippen molar-refractivity contribution in [2.75, 3.05) is 0 Å². The Morgan fingerprint density at radius 1 is 0.429 bits per heavy atom. The highest BCUT2D eigenvalue weighted by atomic mass is 29.4. The van der Waals surface area contributed by atoms with Crippen molar-refractivity contribution in [3.8, 4) is 0 Å². The molecule has 1 aliphatic rings. The molecule has 1 saturated heterocycles. The normalized spacial score (nSPS) is 32.6. The van der Waals surface area contributed by atoms with Crippen LogP contribution in [0.2, 0.25) is 52.4 Å². The summed E-state index contributed by atoms with van der Waals surface area (Å²) >= 11 is 0. The first-order chi connectivity index (χ1) is 5.91. The molecule has 0 unspecified atom stereocenters. The fraction of sp³-hybridized carbons (Fsp3) is 1.00. The lowest BCUT2D eigenvalue weighted by molar-refractivity contribution is 0.490. The van der Waals surface area contributed by atoms with E-state index in [1.807, 2.05) is 0 Å². The lowest BCUT2D eigenvalue weighted by Crippen LogP contribution is -2.78. The van der Waals surface area contributed by atoms with Crippen LogP contribution < -0.4 is 0 Å². The molecule has 1 rings (SSSR count). The third kappa shape index (κ3) is 1.87. The van der Waals surface area contributed by atoms with Gasteiger partial charge in [0.2, 0.25) is 0 Å². The van der Waals surface area contributed by atoms with Crippen molar-refractivity contribution in [3.63, 3.8) is 0 Å². The van der Waals surface area contributed by atoms with Gasteiger partial charge in [-0.15, -0.1) is 0 Å². The SMILES string of the molecule is C[Si]1(C)O[Si](C)(C)[Si](C)(C)O[Si]1(C)C. The van der Waals surface area contributed by atoms with Crippen molar-refractivity contribution in [2.45, 2.75) is 52.4 Å². The molecule has 0 aromatic carbocycles. The van der Waals surface area contributed by atoms with Gasteiger partial charge in [-0.3, -0.25) is 0 Å². The smallest absolute Gasteiger partial charge is 0.191 e. The Morgan fingerprint density at radius 2 is 0.571 bits per heavy atom. The van der Waals surface area contributed by atoms with Crippen LogP contribution in [0.1, 0.15) is 0 Å². The van der Waals surface area contributed by atoms with Gasteiger partial charge in [-0.25, -0.2) is 0 Å². The van der Waals surface area contributed by atoms with Crippen LogP contribution in [0, 0.1) is 0 Å². The van der Waals surface area contributed by atoms with Gasteiger partial charge in [-0.1, -0.05) is 0 Å². The Balaban J connectivity index is 3.07. The summed E-state index contributed by atoms with van der Waals surface area (Å²) in [7, 11) is -6.12. The van der Waals surface area contributed by atoms with E-state index in [0.717, 1.165) is 0 Å². The van der Waals surface area contributed by atoms with Crippen LogP contribution in [0.5, 0.6) is 0 Å². The van der Waals surface area contributed by atoms with Gasteiger partial charge in [0.1, 0.15) is 0 Å². The average molecular weight is 265 g/mol. The summed E-state index contributed by atoms with van der Waals surface area (Å²) < 4.78 is 13.1. The van der Waals surface area contributed by atoms with E-state index in [4.69, 9.17) is 8.23 Å². The molecule has 0 saturated carbocycles. The predicted molar refractivity (Wildman–Crippen MR) is 72.1 cm³/mol. The van der Waals surface area contributed by atoms with E-state index >= 15 is 0 Å². The molecule has 2 nitrogen and oxygen atoms in total. The molecule has 0 N–H and O–H groups in total. The molecule has 1 aliphatic heterocycles. The highest BCUT2D eigenvalue weighted by Gasteiger charge is 2.61. The van der Waals surface area contributed by atoms with Gasteiger partial charge in [-0.05, 0) is 52.4 Å². The second-order valence-electron chi connectivity index (χ2n) is 6.25. The fourth-order valence-electron chi connectivity index (χ4n) is 1.77. The third-order valence-electron chi connectivity index (χ3n) is 3.92. The molecular weight excluding hydrogens is 240 g/mol. The molecule has 6 heteroatoms. The first-order valence-electron chi connectivity index (χ1n) is 5.32. The monoisotopic (exact) mass is 264 g/mol. The van der Waals surface area contributed by atoms with Gasteiger partial charge in [0, 0.05) is 0 Å². The topological polar surface area (TPSA) is 18.5 Å². The standard InChI is InChI=1S/C8H24O2Si4/c1-11(2)9-13(5,6)14(7,8)10-12(11,3)4/h1-8H3. The van der Waals surface area contributed by atoms with Crippen molar-refractivity contribution in [2.24, 2.45) is 0 Å². The summed E-state index contributed by atoms with van der Waals surface area (Å²) in [5.41, 5.74) is 0. The Kier molecular flexibility index (Phi) is 2.88. The van der Waals surface area contributed by atoms with Crippen LogP contribution in [0.3, 0.4) is 0 Å². The van der Waals surface area contributed by atoms with Crippen LogP contribution in [0.4, 0.5) is 0 Å². The molecular formula is C8H24O2Si4. The molecule has 0 radical (unpaired) electrons. The van der Waals surface area contributed by atoms with E-state index in [0.29, 0.717) is 0 Å². The summed E-state index contributed by atoms with van der Waals surface area (Å²) in [6, 6.07) is 0. The average Bonchev–Trinajstić information content (AvgIpc) is 1.78. The molecule has 0 atom stereocenters. The van der Waals surface area contributed by atoms with Gasteiger partial charge >= 0.3 is 0 Å². The first-order valence-corrected chi connectivity index (χ1v) is 18.9. The molecule has 0 aliphatic carbocycles. The van der Waals surface area contributed by atoms with Gasteiger partial charge in [-0.2, -0.15) is 0 Å². The second kappa shape index (κ2) is 3.14. The molecule has 0 bridgehead atoms. The van der Waals surface area contributed by atoms with E-state index in [1.165, 1.54) is 0 Å². The number of hydrogen-bond donors (Lipinski definition) is 0. The van der Waals surface area contributed by atoms with Crippen LogP contribution in [0.25, 0.3) is 0 Å². The Hall–Kier alpha value is 0.788. The molecule has 1 heterocycles. The fourth-order valence-corrected chi connectivity index (χ4v) is 35.8. The highest BCUT2D eigenvalue weighted by Crippen LogP contribution is 2.38. The predicted octanol–water partition coefficient (Wildman–Crippen LogP) is 3.01. The van der Waals surface area contributed by atoms with Gasteiger partial charge in [0.15, 0.2) is 31.3 Å². The molecule has 84 valence electrons. The van der Waals surface area contributed by atoms with E-state index in [-0.39, 0.29) is 0 Å².